The average molecular weight is 302 g/mol. The van der Waals surface area contributed by atoms with Gasteiger partial charge in [0.05, 0.1) is 0 Å². The maximum Gasteiger partial charge on any atom is 0.209 e. The Morgan fingerprint density at radius 3 is 2.50 bits per heavy atom. The van der Waals surface area contributed by atoms with Gasteiger partial charge in [0.15, 0.2) is 3.92 Å². The largest absolute Gasteiger partial charge is 0.345 e. The summed E-state index contributed by atoms with van der Waals surface area (Å²) in [6, 6.07) is 0. The number of aromatic nitrogens is 2. The number of hydrogen-bond acceptors (Lipinski definition) is 5. The highest BCUT2D eigenvalue weighted by Crippen LogP contribution is 2.45. The van der Waals surface area contributed by atoms with Crippen LogP contribution in [0.2, 0.25) is 0 Å². The summed E-state index contributed by atoms with van der Waals surface area (Å²) in [5.74, 6) is 0.433. The minimum absolute atomic E-state index is 0.395. The third-order valence-electron chi connectivity index (χ3n) is 3.58. The second-order valence-corrected chi connectivity index (χ2v) is 6.96. The lowest BCUT2D eigenvalue weighted by molar-refractivity contribution is -0.122. The van der Waals surface area contributed by atoms with E-state index >= 15 is 0 Å². The van der Waals surface area contributed by atoms with Crippen LogP contribution in [0.4, 0.5) is 5.13 Å². The number of carbonyl (C=O) groups excluding carboxylic acids is 1. The fourth-order valence-corrected chi connectivity index (χ4v) is 3.69. The van der Waals surface area contributed by atoms with Crippen molar-refractivity contribution in [3.63, 3.8) is 0 Å². The van der Waals surface area contributed by atoms with E-state index in [2.05, 4.69) is 31.0 Å². The molecule has 0 N–H and O–H groups in total. The third kappa shape index (κ3) is 1.78. The number of ketones is 1. The van der Waals surface area contributed by atoms with Gasteiger partial charge in [-0.1, -0.05) is 11.3 Å². The minimum atomic E-state index is 0.395. The number of Topliss-reactive ketones (excluding diaryl/α,β-unsaturated/α-hetero) is 1. The normalized spacial score (nSPS) is 23.6. The van der Waals surface area contributed by atoms with Gasteiger partial charge < -0.3 is 4.90 Å². The van der Waals surface area contributed by atoms with E-state index in [1.54, 1.807) is 11.3 Å². The molecule has 2 aliphatic rings. The molecular weight excluding hydrogens is 290 g/mol. The van der Waals surface area contributed by atoms with E-state index in [9.17, 15) is 4.79 Å². The molecule has 0 atom stereocenters. The van der Waals surface area contributed by atoms with Gasteiger partial charge in [0.25, 0.3) is 0 Å². The van der Waals surface area contributed by atoms with Crippen molar-refractivity contribution >= 4 is 38.2 Å². The Morgan fingerprint density at radius 1 is 1.25 bits per heavy atom. The molecule has 2 heterocycles. The van der Waals surface area contributed by atoms with Crippen LogP contribution in [0, 0.1) is 5.41 Å². The first kappa shape index (κ1) is 10.7. The Balaban J connectivity index is 1.64. The number of carbonyl (C=O) groups is 1. The summed E-state index contributed by atoms with van der Waals surface area (Å²) in [6.45, 7) is 2.09. The topological polar surface area (TPSA) is 46.1 Å². The molecule has 3 rings (SSSR count). The zero-order valence-electron chi connectivity index (χ0n) is 8.78. The highest BCUT2D eigenvalue weighted by molar-refractivity contribution is 9.11. The third-order valence-corrected chi connectivity index (χ3v) is 5.00. The van der Waals surface area contributed by atoms with Gasteiger partial charge in [-0.05, 0) is 28.8 Å². The van der Waals surface area contributed by atoms with E-state index in [0.717, 1.165) is 47.8 Å². The fourth-order valence-electron chi connectivity index (χ4n) is 2.60. The summed E-state index contributed by atoms with van der Waals surface area (Å²) in [6.07, 6.45) is 3.66. The first-order valence-corrected chi connectivity index (χ1v) is 7.04. The monoisotopic (exact) mass is 301 g/mol. The van der Waals surface area contributed by atoms with E-state index in [1.165, 1.54) is 0 Å². The van der Waals surface area contributed by atoms with Gasteiger partial charge in [-0.15, -0.1) is 10.2 Å². The van der Waals surface area contributed by atoms with Crippen LogP contribution < -0.4 is 4.90 Å². The molecule has 0 bridgehead atoms. The number of nitrogens with zero attached hydrogens (tertiary/aromatic N) is 3. The number of hydrogen-bond donors (Lipinski definition) is 0. The molecule has 1 aliphatic heterocycles. The molecule has 0 amide bonds. The van der Waals surface area contributed by atoms with Crippen LogP contribution in [0.3, 0.4) is 0 Å². The first-order valence-electron chi connectivity index (χ1n) is 5.43. The minimum Gasteiger partial charge on any atom is -0.345 e. The summed E-state index contributed by atoms with van der Waals surface area (Å²) in [7, 11) is 0. The zero-order chi connectivity index (χ0) is 11.2. The highest BCUT2D eigenvalue weighted by atomic mass is 79.9. The van der Waals surface area contributed by atoms with Gasteiger partial charge in [0.1, 0.15) is 5.78 Å². The summed E-state index contributed by atoms with van der Waals surface area (Å²) in [5.41, 5.74) is 0.395. The highest BCUT2D eigenvalue weighted by Gasteiger charge is 2.45. The van der Waals surface area contributed by atoms with E-state index in [-0.39, 0.29) is 0 Å². The average Bonchev–Trinajstić information content (AvgIpc) is 2.63. The lowest BCUT2D eigenvalue weighted by Gasteiger charge is -2.51. The molecule has 1 saturated heterocycles. The van der Waals surface area contributed by atoms with E-state index < -0.39 is 0 Å². The van der Waals surface area contributed by atoms with Crippen LogP contribution in [0.25, 0.3) is 0 Å². The second-order valence-electron chi connectivity index (χ2n) is 4.73. The van der Waals surface area contributed by atoms with Crippen LogP contribution in [0.15, 0.2) is 3.92 Å². The molecule has 1 spiro atoms. The van der Waals surface area contributed by atoms with Crippen LogP contribution in [-0.2, 0) is 4.79 Å². The Kier molecular flexibility index (Phi) is 2.51. The van der Waals surface area contributed by atoms with Crippen molar-refractivity contribution in [2.75, 3.05) is 18.0 Å². The second kappa shape index (κ2) is 3.77. The molecule has 1 saturated carbocycles. The van der Waals surface area contributed by atoms with Gasteiger partial charge in [-0.2, -0.15) is 0 Å². The van der Waals surface area contributed by atoms with Crippen molar-refractivity contribution < 1.29 is 4.79 Å². The van der Waals surface area contributed by atoms with Gasteiger partial charge in [-0.25, -0.2) is 0 Å². The van der Waals surface area contributed by atoms with E-state index in [4.69, 9.17) is 0 Å². The van der Waals surface area contributed by atoms with Crippen molar-refractivity contribution in [1.82, 2.24) is 10.2 Å². The smallest absolute Gasteiger partial charge is 0.209 e. The number of halogens is 1. The summed E-state index contributed by atoms with van der Waals surface area (Å²) in [5, 5.41) is 9.06. The SMILES string of the molecule is O=C1CCC2(CC1)CN(c1nnc(Br)s1)C2. The summed E-state index contributed by atoms with van der Waals surface area (Å²) >= 11 is 4.90. The maximum atomic E-state index is 11.2. The molecule has 4 nitrogen and oxygen atoms in total. The standard InChI is InChI=1S/C10H12BrN3OS/c11-8-12-13-9(16-8)14-5-10(6-14)3-1-7(15)2-4-10/h1-6H2. The predicted octanol–water partition coefficient (Wildman–Crippen LogP) is 2.25. The predicted molar refractivity (Wildman–Crippen MR) is 65.7 cm³/mol. The van der Waals surface area contributed by atoms with Gasteiger partial charge in [-0.3, -0.25) is 4.79 Å². The van der Waals surface area contributed by atoms with Crippen LogP contribution >= 0.6 is 27.3 Å². The number of anilines is 1. The first-order chi connectivity index (χ1) is 7.67. The van der Waals surface area contributed by atoms with E-state index in [1.807, 2.05) is 0 Å². The maximum absolute atomic E-state index is 11.2. The Hall–Kier alpha value is -0.490. The molecule has 1 aromatic heterocycles. The molecule has 16 heavy (non-hydrogen) atoms. The Morgan fingerprint density at radius 2 is 1.94 bits per heavy atom. The van der Waals surface area contributed by atoms with Crippen LogP contribution in [0.1, 0.15) is 25.7 Å². The van der Waals surface area contributed by atoms with Gasteiger partial charge in [0, 0.05) is 31.3 Å². The number of rotatable bonds is 1. The van der Waals surface area contributed by atoms with E-state index in [0.29, 0.717) is 11.2 Å². The van der Waals surface area contributed by atoms with Crippen molar-refractivity contribution in [3.05, 3.63) is 3.92 Å². The molecule has 2 fully saturated rings. The Bertz CT molecular complexity index is 415. The molecule has 0 radical (unpaired) electrons. The Labute approximate surface area is 106 Å². The zero-order valence-corrected chi connectivity index (χ0v) is 11.2. The quantitative estimate of drug-likeness (QED) is 0.798. The molecular formula is C10H12BrN3OS. The van der Waals surface area contributed by atoms with Crippen LogP contribution in [-0.4, -0.2) is 29.1 Å². The summed E-state index contributed by atoms with van der Waals surface area (Å²) in [4.78, 5) is 13.5. The van der Waals surface area contributed by atoms with Crippen molar-refractivity contribution in [3.8, 4) is 0 Å². The molecule has 0 aromatic carbocycles. The molecule has 1 aliphatic carbocycles. The van der Waals surface area contributed by atoms with Crippen LogP contribution in [0.5, 0.6) is 0 Å². The van der Waals surface area contributed by atoms with Crippen molar-refractivity contribution in [2.45, 2.75) is 25.7 Å². The molecule has 6 heteroatoms. The molecule has 1 aromatic rings. The lowest BCUT2D eigenvalue weighted by Crippen LogP contribution is -2.57. The lowest BCUT2D eigenvalue weighted by atomic mass is 9.68. The van der Waals surface area contributed by atoms with Gasteiger partial charge >= 0.3 is 0 Å². The van der Waals surface area contributed by atoms with Gasteiger partial charge in [0.2, 0.25) is 5.13 Å². The summed E-state index contributed by atoms with van der Waals surface area (Å²) < 4.78 is 0.835. The van der Waals surface area contributed by atoms with Crippen molar-refractivity contribution in [1.29, 1.82) is 0 Å². The van der Waals surface area contributed by atoms with Crippen molar-refractivity contribution in [2.24, 2.45) is 5.41 Å². The molecule has 0 unspecified atom stereocenters. The molecule has 86 valence electrons. The fraction of sp³-hybridized carbons (Fsp3) is 0.700.